The monoisotopic (exact) mass is 324 g/mol. The van der Waals surface area contributed by atoms with Crippen LogP contribution in [-0.2, 0) is 16.8 Å². The van der Waals surface area contributed by atoms with Gasteiger partial charge in [-0.3, -0.25) is 24.6 Å². The summed E-state index contributed by atoms with van der Waals surface area (Å²) >= 11 is 0. The van der Waals surface area contributed by atoms with Crippen molar-refractivity contribution in [2.75, 3.05) is 6.54 Å². The summed E-state index contributed by atoms with van der Waals surface area (Å²) in [5.74, 6) is -0.952. The van der Waals surface area contributed by atoms with Gasteiger partial charge in [0.05, 0.1) is 6.54 Å². The molecule has 0 aromatic heterocycles. The van der Waals surface area contributed by atoms with Crippen LogP contribution in [0.15, 0.2) is 54.6 Å². The van der Waals surface area contributed by atoms with Crippen molar-refractivity contribution in [3.8, 4) is 0 Å². The molecule has 2 aromatic rings. The van der Waals surface area contributed by atoms with Gasteiger partial charge in [0.1, 0.15) is 5.41 Å². The van der Waals surface area contributed by atoms with E-state index in [0.717, 1.165) is 10.5 Å². The van der Waals surface area contributed by atoms with E-state index in [9.17, 15) is 19.7 Å². The van der Waals surface area contributed by atoms with Gasteiger partial charge in [0.15, 0.2) is 0 Å². The first-order chi connectivity index (χ1) is 11.4. The van der Waals surface area contributed by atoms with Crippen LogP contribution < -0.4 is 0 Å². The summed E-state index contributed by atoms with van der Waals surface area (Å²) in [6.07, 6.45) is 0. The predicted octanol–water partition coefficient (Wildman–Crippen LogP) is 2.40. The Morgan fingerprint density at radius 3 is 2.33 bits per heavy atom. The lowest BCUT2D eigenvalue weighted by atomic mass is 9.75. The highest BCUT2D eigenvalue weighted by molar-refractivity contribution is 6.13. The molecule has 0 N–H and O–H groups in total. The molecule has 24 heavy (non-hydrogen) atoms. The highest BCUT2D eigenvalue weighted by Crippen LogP contribution is 2.35. The van der Waals surface area contributed by atoms with Gasteiger partial charge in [-0.1, -0.05) is 48.5 Å². The van der Waals surface area contributed by atoms with Gasteiger partial charge < -0.3 is 0 Å². The largest absolute Gasteiger partial charge is 0.273 e. The minimum Gasteiger partial charge on any atom is -0.273 e. The fraction of sp³-hybridized carbons (Fsp3) is 0.222. The van der Waals surface area contributed by atoms with Gasteiger partial charge in [-0.2, -0.15) is 0 Å². The summed E-state index contributed by atoms with van der Waals surface area (Å²) in [6.45, 7) is 1.07. The Hall–Kier alpha value is -3.02. The van der Waals surface area contributed by atoms with Crippen LogP contribution in [0.4, 0.5) is 0 Å². The molecule has 0 saturated carbocycles. The first-order valence-corrected chi connectivity index (χ1v) is 7.55. The highest BCUT2D eigenvalue weighted by atomic mass is 16.6. The fourth-order valence-electron chi connectivity index (χ4n) is 3.12. The molecule has 122 valence electrons. The zero-order valence-electron chi connectivity index (χ0n) is 13.1. The van der Waals surface area contributed by atoms with Gasteiger partial charge in [-0.15, -0.1) is 0 Å². The van der Waals surface area contributed by atoms with Crippen molar-refractivity contribution in [1.29, 1.82) is 0 Å². The standard InChI is InChI=1S/C18H16N2O4/c1-18(12-20(23)24)15-10-6-5-9-14(15)16(21)19(17(18)22)11-13-7-3-2-4-8-13/h2-10H,11-12H2,1H3. The molecule has 0 radical (unpaired) electrons. The molecule has 1 atom stereocenters. The number of hydrogen-bond acceptors (Lipinski definition) is 4. The Balaban J connectivity index is 2.08. The average molecular weight is 324 g/mol. The number of nitro groups is 1. The molecule has 0 bridgehead atoms. The number of carbonyl (C=O) groups is 2. The van der Waals surface area contributed by atoms with Gasteiger partial charge >= 0.3 is 0 Å². The lowest BCUT2D eigenvalue weighted by molar-refractivity contribution is -0.487. The van der Waals surface area contributed by atoms with E-state index in [2.05, 4.69) is 0 Å². The van der Waals surface area contributed by atoms with Gasteiger partial charge in [0, 0.05) is 10.5 Å². The summed E-state index contributed by atoms with van der Waals surface area (Å²) in [6, 6.07) is 15.7. The summed E-state index contributed by atoms with van der Waals surface area (Å²) in [5, 5.41) is 11.1. The number of hydrogen-bond donors (Lipinski definition) is 0. The molecule has 2 aromatic carbocycles. The second kappa shape index (κ2) is 5.88. The average Bonchev–Trinajstić information content (AvgIpc) is 2.57. The summed E-state index contributed by atoms with van der Waals surface area (Å²) < 4.78 is 0. The zero-order chi connectivity index (χ0) is 17.3. The molecule has 1 aliphatic rings. The van der Waals surface area contributed by atoms with Crippen molar-refractivity contribution in [2.45, 2.75) is 18.9 Å². The maximum absolute atomic E-state index is 13.0. The maximum atomic E-state index is 13.0. The Morgan fingerprint density at radius 1 is 1.04 bits per heavy atom. The summed E-state index contributed by atoms with van der Waals surface area (Å²) in [7, 11) is 0. The van der Waals surface area contributed by atoms with Crippen molar-refractivity contribution >= 4 is 11.8 Å². The van der Waals surface area contributed by atoms with Crippen LogP contribution in [0.2, 0.25) is 0 Å². The quantitative estimate of drug-likeness (QED) is 0.491. The third-order valence-corrected chi connectivity index (χ3v) is 4.34. The zero-order valence-corrected chi connectivity index (χ0v) is 13.1. The third kappa shape index (κ3) is 2.56. The van der Waals surface area contributed by atoms with Gasteiger partial charge in [-0.25, -0.2) is 0 Å². The van der Waals surface area contributed by atoms with Crippen LogP contribution in [-0.4, -0.2) is 28.2 Å². The van der Waals surface area contributed by atoms with Gasteiger partial charge in [0.25, 0.3) is 5.91 Å². The lowest BCUT2D eigenvalue weighted by Crippen LogP contribution is -2.55. The number of carbonyl (C=O) groups excluding carboxylic acids is 2. The van der Waals surface area contributed by atoms with Crippen molar-refractivity contribution in [3.05, 3.63) is 81.4 Å². The Morgan fingerprint density at radius 2 is 1.67 bits per heavy atom. The number of benzene rings is 2. The topological polar surface area (TPSA) is 80.5 Å². The first-order valence-electron chi connectivity index (χ1n) is 7.55. The van der Waals surface area contributed by atoms with E-state index in [1.54, 1.807) is 24.3 Å². The van der Waals surface area contributed by atoms with Crippen LogP contribution in [0.1, 0.15) is 28.4 Å². The van der Waals surface area contributed by atoms with E-state index in [0.29, 0.717) is 11.1 Å². The molecule has 2 amide bonds. The van der Waals surface area contributed by atoms with Crippen molar-refractivity contribution in [2.24, 2.45) is 0 Å². The van der Waals surface area contributed by atoms with Crippen molar-refractivity contribution < 1.29 is 14.5 Å². The molecule has 6 heteroatoms. The number of fused-ring (bicyclic) bond motifs is 1. The second-order valence-corrected chi connectivity index (χ2v) is 6.05. The van der Waals surface area contributed by atoms with E-state index >= 15 is 0 Å². The van der Waals surface area contributed by atoms with Crippen LogP contribution >= 0.6 is 0 Å². The minimum absolute atomic E-state index is 0.0974. The van der Waals surface area contributed by atoms with Crippen LogP contribution in [0.5, 0.6) is 0 Å². The predicted molar refractivity (Wildman–Crippen MR) is 87.0 cm³/mol. The Labute approximate surface area is 138 Å². The molecule has 0 saturated heterocycles. The number of imide groups is 1. The number of rotatable bonds is 4. The van der Waals surface area contributed by atoms with E-state index < -0.39 is 28.7 Å². The molecule has 0 aliphatic carbocycles. The summed E-state index contributed by atoms with van der Waals surface area (Å²) in [5.41, 5.74) is 0.198. The maximum Gasteiger partial charge on any atom is 0.261 e. The summed E-state index contributed by atoms with van der Waals surface area (Å²) in [4.78, 5) is 37.4. The van der Waals surface area contributed by atoms with E-state index in [4.69, 9.17) is 0 Å². The van der Waals surface area contributed by atoms with E-state index in [-0.39, 0.29) is 6.54 Å². The molecule has 1 unspecified atom stereocenters. The first kappa shape index (κ1) is 15.9. The molecule has 6 nitrogen and oxygen atoms in total. The van der Waals surface area contributed by atoms with Crippen LogP contribution in [0.3, 0.4) is 0 Å². The number of amides is 2. The molecule has 0 spiro atoms. The Bertz CT molecular complexity index is 819. The molecule has 0 fully saturated rings. The normalized spacial score (nSPS) is 20.0. The van der Waals surface area contributed by atoms with E-state index in [1.807, 2.05) is 30.3 Å². The fourth-order valence-corrected chi connectivity index (χ4v) is 3.12. The molecule has 1 heterocycles. The smallest absolute Gasteiger partial charge is 0.261 e. The number of nitrogens with zero attached hydrogens (tertiary/aromatic N) is 2. The third-order valence-electron chi connectivity index (χ3n) is 4.34. The minimum atomic E-state index is -1.36. The molecule has 3 rings (SSSR count). The Kier molecular flexibility index (Phi) is 3.89. The molecule has 1 aliphatic heterocycles. The van der Waals surface area contributed by atoms with Gasteiger partial charge in [0.2, 0.25) is 12.5 Å². The van der Waals surface area contributed by atoms with Crippen molar-refractivity contribution in [1.82, 2.24) is 4.90 Å². The van der Waals surface area contributed by atoms with Crippen molar-refractivity contribution in [3.63, 3.8) is 0 Å². The van der Waals surface area contributed by atoms with Gasteiger partial charge in [-0.05, 0) is 24.1 Å². The molecular formula is C18H16N2O4. The van der Waals surface area contributed by atoms with E-state index in [1.165, 1.54) is 6.92 Å². The lowest BCUT2D eigenvalue weighted by Gasteiger charge is -2.37. The molecular weight excluding hydrogens is 308 g/mol. The second-order valence-electron chi connectivity index (χ2n) is 6.05. The van der Waals surface area contributed by atoms with Crippen LogP contribution in [0, 0.1) is 10.1 Å². The highest BCUT2D eigenvalue weighted by Gasteiger charge is 2.50. The SMILES string of the molecule is CC1(C[N+](=O)[O-])C(=O)N(Cc2ccccc2)C(=O)c2ccccc21. The van der Waals surface area contributed by atoms with Crippen LogP contribution in [0.25, 0.3) is 0 Å².